The monoisotopic (exact) mass is 576 g/mol. The Balaban J connectivity index is 1.23. The van der Waals surface area contributed by atoms with Gasteiger partial charge in [0.2, 0.25) is 0 Å². The largest absolute Gasteiger partial charge is 0.441 e. The molecule has 3 N–H and O–H groups in total. The number of aromatic nitrogens is 2. The summed E-state index contributed by atoms with van der Waals surface area (Å²) in [5.41, 5.74) is 3.12. The molecule has 41 heavy (non-hydrogen) atoms. The Hall–Kier alpha value is -3.53. The molecule has 0 spiro atoms. The minimum Gasteiger partial charge on any atom is -0.441 e. The third kappa shape index (κ3) is 9.52. The number of oxazole rings is 1. The van der Waals surface area contributed by atoms with Crippen molar-refractivity contribution in [1.82, 2.24) is 15.3 Å². The Morgan fingerprint density at radius 2 is 1.66 bits per heavy atom. The molecule has 2 heterocycles. The van der Waals surface area contributed by atoms with Crippen LogP contribution in [0, 0.1) is 0 Å². The number of unbranched alkanes of at least 4 members (excludes halogenated alkanes) is 5. The van der Waals surface area contributed by atoms with Gasteiger partial charge in [-0.3, -0.25) is 9.71 Å². The summed E-state index contributed by atoms with van der Waals surface area (Å²) in [7, 11) is -3.74. The van der Waals surface area contributed by atoms with E-state index in [1.54, 1.807) is 61.1 Å². The van der Waals surface area contributed by atoms with Crippen molar-refractivity contribution in [2.75, 3.05) is 17.8 Å². The minimum absolute atomic E-state index is 0.175. The van der Waals surface area contributed by atoms with Crippen molar-refractivity contribution in [3.63, 3.8) is 0 Å². The molecule has 0 saturated carbocycles. The van der Waals surface area contributed by atoms with Gasteiger partial charge in [-0.05, 0) is 67.4 Å². The summed E-state index contributed by atoms with van der Waals surface area (Å²) < 4.78 is 34.5. The van der Waals surface area contributed by atoms with Crippen LogP contribution in [0.1, 0.15) is 68.6 Å². The smallest absolute Gasteiger partial charge is 0.261 e. The van der Waals surface area contributed by atoms with Crippen LogP contribution in [0.15, 0.2) is 88.6 Å². The number of hydrogen-bond acceptors (Lipinski definition) is 7. The number of benzene rings is 2. The summed E-state index contributed by atoms with van der Waals surface area (Å²) in [6.45, 7) is 3.33. The lowest BCUT2D eigenvalue weighted by Gasteiger charge is -2.12. The van der Waals surface area contributed by atoms with E-state index in [-0.39, 0.29) is 4.90 Å². The van der Waals surface area contributed by atoms with Gasteiger partial charge in [-0.1, -0.05) is 57.2 Å². The molecule has 0 fully saturated rings. The summed E-state index contributed by atoms with van der Waals surface area (Å²) in [4.78, 5) is 8.59. The normalized spacial score (nSPS) is 12.3. The van der Waals surface area contributed by atoms with E-state index in [4.69, 9.17) is 4.42 Å². The van der Waals surface area contributed by atoms with Crippen molar-refractivity contribution in [2.24, 2.45) is 0 Å². The van der Waals surface area contributed by atoms with Gasteiger partial charge >= 0.3 is 0 Å². The Bertz CT molecular complexity index is 1420. The van der Waals surface area contributed by atoms with E-state index in [1.807, 2.05) is 18.2 Å². The third-order valence-corrected chi connectivity index (χ3v) is 8.35. The molecule has 9 heteroatoms. The molecular formula is C32H40N4O4S. The zero-order chi connectivity index (χ0) is 28.9. The number of rotatable bonds is 17. The average molecular weight is 577 g/mol. The molecule has 0 aliphatic rings. The number of sulfonamides is 1. The molecule has 0 unspecified atom stereocenters. The van der Waals surface area contributed by atoms with Crippen molar-refractivity contribution < 1.29 is 17.9 Å². The second kappa shape index (κ2) is 15.5. The maximum Gasteiger partial charge on any atom is 0.261 e. The summed E-state index contributed by atoms with van der Waals surface area (Å²) in [5, 5.41) is 13.5. The molecular weight excluding hydrogens is 536 g/mol. The van der Waals surface area contributed by atoms with Gasteiger partial charge < -0.3 is 14.8 Å². The number of aryl methyl sites for hydroxylation is 1. The summed E-state index contributed by atoms with van der Waals surface area (Å²) in [6.07, 6.45) is 13.3. The Morgan fingerprint density at radius 1 is 0.902 bits per heavy atom. The standard InChI is InChI=1S/C32H40N4O4S/c1-2-3-4-5-6-7-10-32-35-24-31(40-32)26-13-17-29(18-14-26)41(38,39)36-28-15-11-25(12-16-28)19-21-34-23-30(37)27-9-8-20-33-22-27/h8-9,11-18,20,22,24,30,34,36-37H,2-7,10,19,21,23H2,1H3/t30-/m0/s1. The van der Waals surface area contributed by atoms with Gasteiger partial charge in [-0.15, -0.1) is 0 Å². The zero-order valence-corrected chi connectivity index (χ0v) is 24.4. The van der Waals surface area contributed by atoms with E-state index < -0.39 is 16.1 Å². The first-order chi connectivity index (χ1) is 19.9. The second-order valence-electron chi connectivity index (χ2n) is 10.2. The number of aliphatic hydroxyl groups is 1. The molecule has 0 amide bonds. The lowest BCUT2D eigenvalue weighted by Crippen LogP contribution is -2.23. The van der Waals surface area contributed by atoms with Gasteiger partial charge in [0.25, 0.3) is 10.0 Å². The highest BCUT2D eigenvalue weighted by atomic mass is 32.2. The maximum atomic E-state index is 13.0. The van der Waals surface area contributed by atoms with Gasteiger partial charge in [0.05, 0.1) is 17.2 Å². The first-order valence-electron chi connectivity index (χ1n) is 14.4. The Labute approximate surface area is 243 Å². The SMILES string of the molecule is CCCCCCCCc1ncc(-c2ccc(S(=O)(=O)Nc3ccc(CCNC[C@H](O)c4cccnc4)cc3)cc2)o1. The van der Waals surface area contributed by atoms with E-state index in [2.05, 4.69) is 26.9 Å². The quantitative estimate of drug-likeness (QED) is 0.126. The van der Waals surface area contributed by atoms with Crippen LogP contribution in [0.25, 0.3) is 11.3 Å². The summed E-state index contributed by atoms with van der Waals surface area (Å²) in [6, 6.07) is 17.6. The Morgan fingerprint density at radius 3 is 2.39 bits per heavy atom. The summed E-state index contributed by atoms with van der Waals surface area (Å²) in [5.74, 6) is 1.36. The number of pyridine rings is 1. The van der Waals surface area contributed by atoms with Gasteiger partial charge in [0, 0.05) is 42.2 Å². The van der Waals surface area contributed by atoms with Crippen LogP contribution in [-0.2, 0) is 22.9 Å². The topological polar surface area (TPSA) is 117 Å². The van der Waals surface area contributed by atoms with E-state index in [9.17, 15) is 13.5 Å². The van der Waals surface area contributed by atoms with Crippen molar-refractivity contribution in [2.45, 2.75) is 69.3 Å². The molecule has 0 radical (unpaired) electrons. The van der Waals surface area contributed by atoms with E-state index in [0.717, 1.165) is 41.8 Å². The highest BCUT2D eigenvalue weighted by molar-refractivity contribution is 7.92. The number of nitrogens with one attached hydrogen (secondary N) is 2. The van der Waals surface area contributed by atoms with Crippen LogP contribution in [-0.4, -0.2) is 36.6 Å². The zero-order valence-electron chi connectivity index (χ0n) is 23.6. The average Bonchev–Trinajstić information content (AvgIpc) is 3.47. The maximum absolute atomic E-state index is 13.0. The highest BCUT2D eigenvalue weighted by Crippen LogP contribution is 2.24. The number of hydrogen-bond donors (Lipinski definition) is 3. The van der Waals surface area contributed by atoms with Crippen LogP contribution in [0.2, 0.25) is 0 Å². The van der Waals surface area contributed by atoms with E-state index in [1.165, 1.54) is 32.1 Å². The Kier molecular flexibility index (Phi) is 11.5. The molecule has 2 aromatic carbocycles. The van der Waals surface area contributed by atoms with Crippen molar-refractivity contribution in [3.05, 3.63) is 96.3 Å². The van der Waals surface area contributed by atoms with Gasteiger partial charge in [0.1, 0.15) is 0 Å². The first kappa shape index (κ1) is 30.4. The molecule has 0 aliphatic heterocycles. The predicted octanol–water partition coefficient (Wildman–Crippen LogP) is 6.31. The fourth-order valence-corrected chi connectivity index (χ4v) is 5.59. The van der Waals surface area contributed by atoms with Gasteiger partial charge in [-0.2, -0.15) is 0 Å². The predicted molar refractivity (Wildman–Crippen MR) is 162 cm³/mol. The number of nitrogens with zero attached hydrogens (tertiary/aromatic N) is 2. The third-order valence-electron chi connectivity index (χ3n) is 6.95. The molecule has 0 bridgehead atoms. The molecule has 1 atom stereocenters. The molecule has 0 saturated heterocycles. The van der Waals surface area contributed by atoms with Gasteiger partial charge in [0.15, 0.2) is 11.7 Å². The minimum atomic E-state index is -3.74. The number of anilines is 1. The van der Waals surface area contributed by atoms with Crippen LogP contribution in [0.3, 0.4) is 0 Å². The fourth-order valence-electron chi connectivity index (χ4n) is 4.53. The van der Waals surface area contributed by atoms with E-state index in [0.29, 0.717) is 24.5 Å². The van der Waals surface area contributed by atoms with Crippen LogP contribution in [0.4, 0.5) is 5.69 Å². The lowest BCUT2D eigenvalue weighted by atomic mass is 10.1. The van der Waals surface area contributed by atoms with Crippen molar-refractivity contribution in [1.29, 1.82) is 0 Å². The van der Waals surface area contributed by atoms with Crippen LogP contribution < -0.4 is 10.0 Å². The van der Waals surface area contributed by atoms with Crippen LogP contribution in [0.5, 0.6) is 0 Å². The second-order valence-corrected chi connectivity index (χ2v) is 11.9. The van der Waals surface area contributed by atoms with Crippen molar-refractivity contribution >= 4 is 15.7 Å². The molecule has 4 rings (SSSR count). The summed E-state index contributed by atoms with van der Waals surface area (Å²) >= 11 is 0. The van der Waals surface area contributed by atoms with Gasteiger partial charge in [-0.25, -0.2) is 13.4 Å². The van der Waals surface area contributed by atoms with Crippen molar-refractivity contribution in [3.8, 4) is 11.3 Å². The van der Waals surface area contributed by atoms with E-state index >= 15 is 0 Å². The molecule has 2 aromatic heterocycles. The molecule has 0 aliphatic carbocycles. The molecule has 4 aromatic rings. The molecule has 8 nitrogen and oxygen atoms in total. The first-order valence-corrected chi connectivity index (χ1v) is 15.9. The lowest BCUT2D eigenvalue weighted by molar-refractivity contribution is 0.174. The highest BCUT2D eigenvalue weighted by Gasteiger charge is 2.15. The number of aliphatic hydroxyl groups excluding tert-OH is 1. The van der Waals surface area contributed by atoms with Crippen LogP contribution >= 0.6 is 0 Å². The molecule has 218 valence electrons. The fraction of sp³-hybridized carbons (Fsp3) is 0.375.